The van der Waals surface area contributed by atoms with Gasteiger partial charge in [0.05, 0.1) is 6.42 Å². The van der Waals surface area contributed by atoms with Gasteiger partial charge < -0.3 is 10.3 Å². The molecule has 2 bridgehead atoms. The number of hydrogen-bond donors (Lipinski definition) is 2. The van der Waals surface area contributed by atoms with Gasteiger partial charge in [0.1, 0.15) is 0 Å². The molecule has 3 heteroatoms. The van der Waals surface area contributed by atoms with Crippen LogP contribution in [0.4, 0.5) is 0 Å². The fourth-order valence-corrected chi connectivity index (χ4v) is 4.77. The molecule has 4 atom stereocenters. The molecule has 2 aliphatic carbocycles. The molecule has 3 nitrogen and oxygen atoms in total. The first-order valence-corrected chi connectivity index (χ1v) is 8.55. The minimum atomic E-state index is 0.153. The monoisotopic (exact) mass is 296 g/mol. The second kappa shape index (κ2) is 5.45. The maximum Gasteiger partial charge on any atom is 0.224 e. The topological polar surface area (TPSA) is 44.9 Å². The molecule has 2 fully saturated rings. The fourth-order valence-electron chi connectivity index (χ4n) is 4.77. The van der Waals surface area contributed by atoms with E-state index in [1.807, 2.05) is 18.3 Å². The van der Waals surface area contributed by atoms with Crippen molar-refractivity contribution >= 4 is 16.8 Å². The predicted molar refractivity (Wildman–Crippen MR) is 88.5 cm³/mol. The average Bonchev–Trinajstić information content (AvgIpc) is 3.22. The number of hydrogen-bond acceptors (Lipinski definition) is 1. The normalized spacial score (nSPS) is 28.1. The van der Waals surface area contributed by atoms with Gasteiger partial charge in [-0.15, -0.1) is 0 Å². The molecule has 0 aliphatic heterocycles. The summed E-state index contributed by atoms with van der Waals surface area (Å²) < 4.78 is 0. The molecule has 0 saturated heterocycles. The predicted octanol–water partition coefficient (Wildman–Crippen LogP) is 3.65. The molecular weight excluding hydrogens is 272 g/mol. The Balaban J connectivity index is 1.40. The van der Waals surface area contributed by atoms with Crippen molar-refractivity contribution in [1.82, 2.24) is 10.3 Å². The molecule has 2 aliphatic rings. The average molecular weight is 296 g/mol. The number of H-pyrrole nitrogens is 1. The Morgan fingerprint density at radius 2 is 2.18 bits per heavy atom. The minimum Gasteiger partial charge on any atom is -0.361 e. The summed E-state index contributed by atoms with van der Waals surface area (Å²) in [4.78, 5) is 15.6. The van der Waals surface area contributed by atoms with E-state index in [-0.39, 0.29) is 5.91 Å². The smallest absolute Gasteiger partial charge is 0.224 e. The van der Waals surface area contributed by atoms with Gasteiger partial charge in [-0.05, 0) is 55.6 Å². The molecule has 22 heavy (non-hydrogen) atoms. The largest absolute Gasteiger partial charge is 0.361 e. The molecule has 0 unspecified atom stereocenters. The van der Waals surface area contributed by atoms with Crippen molar-refractivity contribution in [2.75, 3.05) is 0 Å². The zero-order valence-electron chi connectivity index (χ0n) is 13.1. The maximum atomic E-state index is 12.4. The number of fused-ring (bicyclic) bond motifs is 3. The van der Waals surface area contributed by atoms with Crippen molar-refractivity contribution in [3.63, 3.8) is 0 Å². The lowest BCUT2D eigenvalue weighted by Crippen LogP contribution is -2.40. The molecule has 1 amide bonds. The van der Waals surface area contributed by atoms with Gasteiger partial charge in [-0.1, -0.05) is 24.6 Å². The van der Waals surface area contributed by atoms with E-state index in [1.165, 1.54) is 25.7 Å². The number of para-hydroxylation sites is 1. The van der Waals surface area contributed by atoms with Crippen molar-refractivity contribution in [2.24, 2.45) is 17.8 Å². The molecule has 2 saturated carbocycles. The highest BCUT2D eigenvalue weighted by Crippen LogP contribution is 2.49. The Bertz CT molecular complexity index is 690. The van der Waals surface area contributed by atoms with Crippen molar-refractivity contribution in [2.45, 2.75) is 45.1 Å². The summed E-state index contributed by atoms with van der Waals surface area (Å²) in [7, 11) is 0. The fraction of sp³-hybridized carbons (Fsp3) is 0.526. The highest BCUT2D eigenvalue weighted by atomic mass is 16.1. The lowest BCUT2D eigenvalue weighted by atomic mass is 9.84. The van der Waals surface area contributed by atoms with Crippen LogP contribution in [0.25, 0.3) is 10.9 Å². The maximum absolute atomic E-state index is 12.4. The van der Waals surface area contributed by atoms with Gasteiger partial charge in [0.15, 0.2) is 0 Å². The Morgan fingerprint density at radius 3 is 2.95 bits per heavy atom. The Hall–Kier alpha value is -1.77. The standard InChI is InChI=1S/C19H24N2O/c1-12(17-9-13-6-7-14(17)8-13)21-19(22)10-15-11-20-18-5-3-2-4-16(15)18/h2-5,11-14,17,20H,6-10H2,1H3,(H,21,22)/t12-,13-,14-,17+/m0/s1. The SMILES string of the molecule is C[C@H](NC(=O)Cc1c[nH]c2ccccc12)[C@H]1C[C@H]2CC[C@H]1C2. The van der Waals surface area contributed by atoms with Crippen molar-refractivity contribution in [3.05, 3.63) is 36.0 Å². The van der Waals surface area contributed by atoms with Gasteiger partial charge in [-0.2, -0.15) is 0 Å². The lowest BCUT2D eigenvalue weighted by molar-refractivity contribution is -0.121. The summed E-state index contributed by atoms with van der Waals surface area (Å²) in [6.45, 7) is 2.19. The quantitative estimate of drug-likeness (QED) is 0.888. The molecule has 4 rings (SSSR count). The summed E-state index contributed by atoms with van der Waals surface area (Å²) in [6.07, 6.45) is 7.93. The number of carbonyl (C=O) groups is 1. The van der Waals surface area contributed by atoms with Crippen LogP contribution >= 0.6 is 0 Å². The van der Waals surface area contributed by atoms with E-state index in [0.29, 0.717) is 18.4 Å². The highest BCUT2D eigenvalue weighted by Gasteiger charge is 2.42. The number of rotatable bonds is 4. The highest BCUT2D eigenvalue weighted by molar-refractivity contribution is 5.88. The van der Waals surface area contributed by atoms with Gasteiger partial charge in [0.25, 0.3) is 0 Å². The van der Waals surface area contributed by atoms with Crippen LogP contribution in [-0.2, 0) is 11.2 Å². The van der Waals surface area contributed by atoms with Crippen LogP contribution in [0.1, 0.15) is 38.2 Å². The van der Waals surface area contributed by atoms with Gasteiger partial charge in [0, 0.05) is 23.1 Å². The Morgan fingerprint density at radius 1 is 1.32 bits per heavy atom. The van der Waals surface area contributed by atoms with E-state index >= 15 is 0 Å². The van der Waals surface area contributed by atoms with E-state index < -0.39 is 0 Å². The molecule has 1 heterocycles. The molecule has 116 valence electrons. The summed E-state index contributed by atoms with van der Waals surface area (Å²) >= 11 is 0. The minimum absolute atomic E-state index is 0.153. The van der Waals surface area contributed by atoms with E-state index in [2.05, 4.69) is 29.4 Å². The molecule has 2 aromatic rings. The molecule has 0 spiro atoms. The zero-order chi connectivity index (χ0) is 15.1. The van der Waals surface area contributed by atoms with Crippen LogP contribution in [0, 0.1) is 17.8 Å². The van der Waals surface area contributed by atoms with Crippen LogP contribution < -0.4 is 5.32 Å². The second-order valence-corrected chi connectivity index (χ2v) is 7.23. The third-order valence-corrected chi connectivity index (χ3v) is 5.85. The van der Waals surface area contributed by atoms with Crippen LogP contribution in [-0.4, -0.2) is 16.9 Å². The number of aromatic nitrogens is 1. The lowest BCUT2D eigenvalue weighted by Gasteiger charge is -2.28. The summed E-state index contributed by atoms with van der Waals surface area (Å²) in [5.74, 6) is 2.64. The van der Waals surface area contributed by atoms with Crippen LogP contribution in [0.2, 0.25) is 0 Å². The van der Waals surface area contributed by atoms with Gasteiger partial charge in [0.2, 0.25) is 5.91 Å². The zero-order valence-corrected chi connectivity index (χ0v) is 13.1. The van der Waals surface area contributed by atoms with Gasteiger partial charge in [-0.3, -0.25) is 4.79 Å². The van der Waals surface area contributed by atoms with Gasteiger partial charge >= 0.3 is 0 Å². The number of benzene rings is 1. The third kappa shape index (κ3) is 2.43. The number of nitrogens with one attached hydrogen (secondary N) is 2. The molecule has 1 aromatic heterocycles. The van der Waals surface area contributed by atoms with Crippen LogP contribution in [0.15, 0.2) is 30.5 Å². The first-order valence-electron chi connectivity index (χ1n) is 8.55. The summed E-state index contributed by atoms with van der Waals surface area (Å²) in [5, 5.41) is 4.41. The Kier molecular flexibility index (Phi) is 3.44. The first-order chi connectivity index (χ1) is 10.7. The summed E-state index contributed by atoms with van der Waals surface area (Å²) in [6, 6.07) is 8.48. The molecule has 1 aromatic carbocycles. The number of amides is 1. The van der Waals surface area contributed by atoms with Crippen molar-refractivity contribution in [3.8, 4) is 0 Å². The first kappa shape index (κ1) is 13.9. The van der Waals surface area contributed by atoms with E-state index in [1.54, 1.807) is 0 Å². The van der Waals surface area contributed by atoms with Crippen LogP contribution in [0.5, 0.6) is 0 Å². The third-order valence-electron chi connectivity index (χ3n) is 5.85. The van der Waals surface area contributed by atoms with Crippen molar-refractivity contribution < 1.29 is 4.79 Å². The van der Waals surface area contributed by atoms with E-state index in [9.17, 15) is 4.79 Å². The van der Waals surface area contributed by atoms with E-state index in [4.69, 9.17) is 0 Å². The molecular formula is C19H24N2O. The second-order valence-electron chi connectivity index (χ2n) is 7.23. The number of carbonyl (C=O) groups excluding carboxylic acids is 1. The Labute approximate surface area is 131 Å². The molecule has 0 radical (unpaired) electrons. The number of aromatic amines is 1. The molecule has 2 N–H and O–H groups in total. The van der Waals surface area contributed by atoms with Crippen molar-refractivity contribution in [1.29, 1.82) is 0 Å². The van der Waals surface area contributed by atoms with E-state index in [0.717, 1.165) is 28.3 Å². The van der Waals surface area contributed by atoms with Gasteiger partial charge in [-0.25, -0.2) is 0 Å². The summed E-state index contributed by atoms with van der Waals surface area (Å²) in [5.41, 5.74) is 2.19. The van der Waals surface area contributed by atoms with Crippen LogP contribution in [0.3, 0.4) is 0 Å².